The first-order valence-electron chi connectivity index (χ1n) is 18.2. The lowest BCUT2D eigenvalue weighted by atomic mass is 9.85. The maximum absolute atomic E-state index is 13.2. The van der Waals surface area contributed by atoms with Crippen LogP contribution in [-0.2, 0) is 22.8 Å². The Morgan fingerprint density at radius 1 is 1.02 bits per heavy atom. The van der Waals surface area contributed by atoms with E-state index in [0.717, 1.165) is 73.9 Å². The SMILES string of the molecule is COc1cc2nn(C3CCC(CN4CC=C(c5ccc6c(c5)n(C)c(=O)n6C5CCC(=O)NC5=O)C4)CC3)cc2cc1NC(=O)c1cccc(C(F)(F)F)n1. The third-order valence-corrected chi connectivity index (χ3v) is 11.0. The zero-order chi connectivity index (χ0) is 38.6. The van der Waals surface area contributed by atoms with Gasteiger partial charge in [0.05, 0.1) is 35.4 Å². The van der Waals surface area contributed by atoms with Crippen LogP contribution < -0.4 is 21.1 Å². The molecular weight excluding hydrogens is 717 g/mol. The number of piperidine rings is 1. The van der Waals surface area contributed by atoms with Crippen LogP contribution in [0.5, 0.6) is 5.75 Å². The molecule has 3 aliphatic rings. The van der Waals surface area contributed by atoms with E-state index < -0.39 is 29.7 Å². The van der Waals surface area contributed by atoms with Crippen molar-refractivity contribution in [2.24, 2.45) is 13.0 Å². The largest absolute Gasteiger partial charge is 0.494 e. The number of halogens is 3. The highest BCUT2D eigenvalue weighted by atomic mass is 19.4. The van der Waals surface area contributed by atoms with Crippen molar-refractivity contribution >= 4 is 50.9 Å². The van der Waals surface area contributed by atoms with Crippen molar-refractivity contribution in [2.75, 3.05) is 32.1 Å². The number of amides is 3. The number of aryl methyl sites for hydroxylation is 1. The van der Waals surface area contributed by atoms with Crippen LogP contribution in [0.1, 0.15) is 72.4 Å². The number of alkyl halides is 3. The maximum atomic E-state index is 13.2. The molecule has 16 heteroatoms. The molecular formula is C39H39F3N8O5. The number of aromatic nitrogens is 5. The van der Waals surface area contributed by atoms with Gasteiger partial charge < -0.3 is 10.1 Å². The Morgan fingerprint density at radius 3 is 2.56 bits per heavy atom. The van der Waals surface area contributed by atoms with Crippen molar-refractivity contribution in [3.63, 3.8) is 0 Å². The Balaban J connectivity index is 0.885. The van der Waals surface area contributed by atoms with Gasteiger partial charge in [-0.2, -0.15) is 18.3 Å². The molecule has 1 saturated heterocycles. The van der Waals surface area contributed by atoms with Gasteiger partial charge in [-0.15, -0.1) is 0 Å². The summed E-state index contributed by atoms with van der Waals surface area (Å²) in [6, 6.07) is 12.0. The van der Waals surface area contributed by atoms with Gasteiger partial charge in [0, 0.05) is 50.8 Å². The maximum Gasteiger partial charge on any atom is 0.433 e. The molecule has 2 aliphatic heterocycles. The molecule has 0 bridgehead atoms. The average Bonchev–Trinajstić information content (AvgIpc) is 3.87. The number of hydrogen-bond donors (Lipinski definition) is 2. The first-order valence-corrected chi connectivity index (χ1v) is 18.2. The van der Waals surface area contributed by atoms with Crippen LogP contribution in [0.4, 0.5) is 18.9 Å². The minimum atomic E-state index is -4.67. The lowest BCUT2D eigenvalue weighted by molar-refractivity contribution is -0.141. The lowest BCUT2D eigenvalue weighted by Crippen LogP contribution is -2.44. The van der Waals surface area contributed by atoms with E-state index in [1.807, 2.05) is 29.1 Å². The summed E-state index contributed by atoms with van der Waals surface area (Å²) in [5.41, 5.74) is 2.82. The molecule has 1 saturated carbocycles. The fraction of sp³-hybridized carbons (Fsp3) is 0.385. The number of methoxy groups -OCH3 is 1. The zero-order valence-electron chi connectivity index (χ0n) is 30.2. The molecule has 3 aromatic heterocycles. The number of anilines is 1. The summed E-state index contributed by atoms with van der Waals surface area (Å²) in [5, 5.41) is 10.6. The van der Waals surface area contributed by atoms with Crippen molar-refractivity contribution in [1.82, 2.24) is 34.1 Å². The Kier molecular flexibility index (Phi) is 9.31. The highest BCUT2D eigenvalue weighted by Gasteiger charge is 2.34. The van der Waals surface area contributed by atoms with Gasteiger partial charge in [-0.05, 0) is 79.5 Å². The minimum Gasteiger partial charge on any atom is -0.494 e. The van der Waals surface area contributed by atoms with Crippen LogP contribution in [-0.4, -0.2) is 73.3 Å². The van der Waals surface area contributed by atoms with Gasteiger partial charge in [0.25, 0.3) is 5.91 Å². The molecule has 0 radical (unpaired) electrons. The van der Waals surface area contributed by atoms with Gasteiger partial charge in [0.1, 0.15) is 23.2 Å². The van der Waals surface area contributed by atoms with Gasteiger partial charge in [-0.1, -0.05) is 18.2 Å². The molecule has 0 spiro atoms. The summed E-state index contributed by atoms with van der Waals surface area (Å²) in [7, 11) is 3.15. The molecule has 13 nitrogen and oxygen atoms in total. The van der Waals surface area contributed by atoms with Crippen molar-refractivity contribution < 1.29 is 32.3 Å². The topological polar surface area (TPSA) is 145 Å². The van der Waals surface area contributed by atoms with Crippen molar-refractivity contribution in [3.05, 3.63) is 88.2 Å². The minimum absolute atomic E-state index is 0.193. The second-order valence-electron chi connectivity index (χ2n) is 14.6. The number of fused-ring (bicyclic) bond motifs is 2. The van der Waals surface area contributed by atoms with Crippen LogP contribution in [0.25, 0.3) is 27.5 Å². The first kappa shape index (κ1) is 36.2. The molecule has 55 heavy (non-hydrogen) atoms. The molecule has 8 rings (SSSR count). The summed E-state index contributed by atoms with van der Waals surface area (Å²) in [6.45, 7) is 2.59. The smallest absolute Gasteiger partial charge is 0.433 e. The van der Waals surface area contributed by atoms with Crippen LogP contribution in [0.15, 0.2) is 65.6 Å². The number of rotatable bonds is 8. The number of ether oxygens (including phenoxy) is 1. The van der Waals surface area contributed by atoms with Crippen LogP contribution in [0.3, 0.4) is 0 Å². The Hall–Kier alpha value is -5.77. The van der Waals surface area contributed by atoms with E-state index in [0.29, 0.717) is 34.8 Å². The highest BCUT2D eigenvalue weighted by molar-refractivity contribution is 6.05. The predicted molar refractivity (Wildman–Crippen MR) is 197 cm³/mol. The predicted octanol–water partition coefficient (Wildman–Crippen LogP) is 5.47. The average molecular weight is 757 g/mol. The molecule has 1 unspecified atom stereocenters. The molecule has 5 aromatic rings. The van der Waals surface area contributed by atoms with Crippen molar-refractivity contribution in [1.29, 1.82) is 0 Å². The van der Waals surface area contributed by atoms with Gasteiger partial charge in [0.15, 0.2) is 0 Å². The molecule has 3 amide bonds. The first-order chi connectivity index (χ1) is 26.4. The van der Waals surface area contributed by atoms with E-state index in [2.05, 4.69) is 26.6 Å². The summed E-state index contributed by atoms with van der Waals surface area (Å²) >= 11 is 0. The standard InChI is InChI=1S/C39H39F3N8O5/c1-47-32-17-23(8-11-30(32)50(38(47)54)31-12-13-35(51)45-37(31)53)24-14-15-48(20-24)19-22-6-9-26(10-7-22)49-21-25-16-29(33(55-2)18-28(25)46-49)44-36(52)27-4-3-5-34(43-27)39(40,41)42/h3-5,8,11,14,16-18,21-22,26,31H,6-7,9-10,12-13,15,19-20H2,1-2H3,(H,44,52)(H,45,51,53). The summed E-state index contributed by atoms with van der Waals surface area (Å²) in [5.74, 6) is -0.711. The molecule has 2 N–H and O–H groups in total. The fourth-order valence-corrected chi connectivity index (χ4v) is 8.14. The fourth-order valence-electron chi connectivity index (χ4n) is 8.14. The number of nitrogens with zero attached hydrogens (tertiary/aromatic N) is 6. The number of benzene rings is 2. The number of carbonyl (C=O) groups is 3. The highest BCUT2D eigenvalue weighted by Crippen LogP contribution is 2.37. The Labute approximate surface area is 312 Å². The molecule has 1 atom stereocenters. The van der Waals surface area contributed by atoms with E-state index >= 15 is 0 Å². The summed E-state index contributed by atoms with van der Waals surface area (Å²) in [4.78, 5) is 56.3. The summed E-state index contributed by atoms with van der Waals surface area (Å²) < 4.78 is 50.0. The number of pyridine rings is 1. The number of hydrogen-bond acceptors (Lipinski definition) is 8. The van der Waals surface area contributed by atoms with Gasteiger partial charge >= 0.3 is 11.9 Å². The third-order valence-electron chi connectivity index (χ3n) is 11.0. The Morgan fingerprint density at radius 2 is 1.82 bits per heavy atom. The molecule has 2 fully saturated rings. The van der Waals surface area contributed by atoms with E-state index in [1.54, 1.807) is 23.7 Å². The molecule has 2 aromatic carbocycles. The van der Waals surface area contributed by atoms with E-state index in [-0.39, 0.29) is 29.8 Å². The van der Waals surface area contributed by atoms with Crippen LogP contribution >= 0.6 is 0 Å². The van der Waals surface area contributed by atoms with Gasteiger partial charge in [0.2, 0.25) is 11.8 Å². The number of imidazole rings is 1. The quantitative estimate of drug-likeness (QED) is 0.198. The molecule has 1 aliphatic carbocycles. The van der Waals surface area contributed by atoms with Crippen LogP contribution in [0.2, 0.25) is 0 Å². The Bertz CT molecular complexity index is 2440. The van der Waals surface area contributed by atoms with Crippen molar-refractivity contribution in [2.45, 2.75) is 56.8 Å². The van der Waals surface area contributed by atoms with E-state index in [9.17, 15) is 32.3 Å². The van der Waals surface area contributed by atoms with Gasteiger partial charge in [-0.25, -0.2) is 9.78 Å². The molecule has 5 heterocycles. The van der Waals surface area contributed by atoms with Gasteiger partial charge in [-0.3, -0.25) is 38.4 Å². The third kappa shape index (κ3) is 7.01. The number of nitrogens with one attached hydrogen (secondary N) is 2. The second-order valence-corrected chi connectivity index (χ2v) is 14.6. The number of imide groups is 1. The summed E-state index contributed by atoms with van der Waals surface area (Å²) in [6.07, 6.45) is 3.93. The second kappa shape index (κ2) is 14.1. The molecule has 286 valence electrons. The van der Waals surface area contributed by atoms with Crippen molar-refractivity contribution in [3.8, 4) is 5.75 Å². The van der Waals surface area contributed by atoms with E-state index in [1.165, 1.54) is 23.3 Å². The lowest BCUT2D eigenvalue weighted by Gasteiger charge is -2.31. The van der Waals surface area contributed by atoms with Crippen LogP contribution in [0, 0.1) is 5.92 Å². The monoisotopic (exact) mass is 756 g/mol. The van der Waals surface area contributed by atoms with E-state index in [4.69, 9.17) is 9.84 Å². The normalized spacial score (nSPS) is 20.9. The zero-order valence-corrected chi connectivity index (χ0v) is 30.2. The number of carbonyl (C=O) groups excluding carboxylic acids is 3.